The van der Waals surface area contributed by atoms with Gasteiger partial charge in [0.25, 0.3) is 0 Å². The summed E-state index contributed by atoms with van der Waals surface area (Å²) in [5.41, 5.74) is 0.147. The minimum atomic E-state index is -4.23. The lowest BCUT2D eigenvalue weighted by molar-refractivity contribution is -0.137. The van der Waals surface area contributed by atoms with Crippen molar-refractivity contribution in [1.82, 2.24) is 0 Å². The molecule has 0 spiro atoms. The Balaban J connectivity index is 0.000000921. The number of alkyl halides is 3. The molecule has 0 atom stereocenters. The van der Waals surface area contributed by atoms with Crippen LogP contribution in [-0.2, 0) is 6.18 Å². The lowest BCUT2D eigenvalue weighted by atomic mass is 10.0. The van der Waals surface area contributed by atoms with Gasteiger partial charge in [-0.3, -0.25) is 0 Å². The van der Waals surface area contributed by atoms with Crippen LogP contribution in [0, 0.1) is 0 Å². The monoisotopic (exact) mass is 218 g/mol. The first-order valence-corrected chi connectivity index (χ1v) is 5.08. The molecule has 0 nitrogen and oxygen atoms in total. The summed E-state index contributed by atoms with van der Waals surface area (Å²) in [4.78, 5) is 0. The van der Waals surface area contributed by atoms with E-state index >= 15 is 0 Å². The van der Waals surface area contributed by atoms with Crippen LogP contribution in [0.1, 0.15) is 44.7 Å². The molecule has 1 aromatic carbocycles. The lowest BCUT2D eigenvalue weighted by Gasteiger charge is -2.10. The fourth-order valence-corrected chi connectivity index (χ4v) is 1.07. The van der Waals surface area contributed by atoms with E-state index in [4.69, 9.17) is 0 Å². The van der Waals surface area contributed by atoms with Gasteiger partial charge in [-0.05, 0) is 17.5 Å². The van der Waals surface area contributed by atoms with Crippen molar-refractivity contribution < 1.29 is 13.2 Å². The number of hydrogen-bond donors (Lipinski definition) is 0. The second kappa shape index (κ2) is 5.79. The summed E-state index contributed by atoms with van der Waals surface area (Å²) in [7, 11) is 0. The first kappa shape index (κ1) is 14.0. The molecule has 1 aromatic rings. The van der Waals surface area contributed by atoms with Crippen LogP contribution in [0.5, 0.6) is 0 Å². The zero-order chi connectivity index (χ0) is 12.1. The molecule has 15 heavy (non-hydrogen) atoms. The Bertz CT molecular complexity index is 287. The van der Waals surface area contributed by atoms with Gasteiger partial charge in [-0.15, -0.1) is 0 Å². The molecule has 0 amide bonds. The maximum atomic E-state index is 12.2. The van der Waals surface area contributed by atoms with Gasteiger partial charge < -0.3 is 0 Å². The van der Waals surface area contributed by atoms with Crippen LogP contribution in [0.25, 0.3) is 0 Å². The van der Waals surface area contributed by atoms with Crippen LogP contribution in [0.2, 0.25) is 0 Å². The van der Waals surface area contributed by atoms with Gasteiger partial charge in [0.15, 0.2) is 0 Å². The molecule has 0 N–H and O–H groups in total. The molecule has 0 aliphatic heterocycles. The van der Waals surface area contributed by atoms with E-state index in [-0.39, 0.29) is 5.92 Å². The van der Waals surface area contributed by atoms with Crippen LogP contribution in [-0.4, -0.2) is 0 Å². The Labute approximate surface area is 89.1 Å². The predicted octanol–water partition coefficient (Wildman–Crippen LogP) is 4.86. The Morgan fingerprint density at radius 1 is 1.07 bits per heavy atom. The van der Waals surface area contributed by atoms with Gasteiger partial charge in [0.05, 0.1) is 5.56 Å². The van der Waals surface area contributed by atoms with Gasteiger partial charge in [0, 0.05) is 0 Å². The molecule has 0 unspecified atom stereocenters. The third kappa shape index (κ3) is 4.36. The number of halogens is 3. The van der Waals surface area contributed by atoms with Gasteiger partial charge in [-0.2, -0.15) is 13.2 Å². The minimum Gasteiger partial charge on any atom is -0.166 e. The summed E-state index contributed by atoms with van der Waals surface area (Å²) in [6.45, 7) is 7.74. The number of rotatable bonds is 1. The van der Waals surface area contributed by atoms with Crippen LogP contribution in [0.4, 0.5) is 13.2 Å². The molecule has 0 heterocycles. The Morgan fingerprint density at radius 2 is 1.60 bits per heavy atom. The second-order valence-electron chi connectivity index (χ2n) is 3.28. The number of benzene rings is 1. The highest BCUT2D eigenvalue weighted by Gasteiger charge is 2.30. The largest absolute Gasteiger partial charge is 0.416 e. The molecule has 86 valence electrons. The van der Waals surface area contributed by atoms with Crippen molar-refractivity contribution in [2.45, 2.75) is 39.8 Å². The fraction of sp³-hybridized carbons (Fsp3) is 0.500. The first-order chi connectivity index (χ1) is 6.91. The molecule has 3 heteroatoms. The third-order valence-corrected chi connectivity index (χ3v) is 1.88. The van der Waals surface area contributed by atoms with Gasteiger partial charge in [0.1, 0.15) is 0 Å². The highest BCUT2D eigenvalue weighted by molar-refractivity contribution is 5.27. The molecule has 0 aliphatic rings. The average Bonchev–Trinajstić information content (AvgIpc) is 2.20. The normalized spacial score (nSPS) is 10.9. The van der Waals surface area contributed by atoms with E-state index in [1.54, 1.807) is 6.07 Å². The second-order valence-corrected chi connectivity index (χ2v) is 3.28. The van der Waals surface area contributed by atoms with Crippen molar-refractivity contribution in [3.05, 3.63) is 35.4 Å². The summed E-state index contributed by atoms with van der Waals surface area (Å²) >= 11 is 0. The third-order valence-electron chi connectivity index (χ3n) is 1.88. The van der Waals surface area contributed by atoms with Crippen LogP contribution >= 0.6 is 0 Å². The zero-order valence-electron chi connectivity index (χ0n) is 9.52. The maximum Gasteiger partial charge on any atom is 0.416 e. The minimum absolute atomic E-state index is 0.127. The van der Waals surface area contributed by atoms with Crippen molar-refractivity contribution in [2.75, 3.05) is 0 Å². The summed E-state index contributed by atoms with van der Waals surface area (Å²) in [6.07, 6.45) is -4.23. The average molecular weight is 218 g/mol. The van der Waals surface area contributed by atoms with Gasteiger partial charge in [-0.1, -0.05) is 45.9 Å². The highest BCUT2D eigenvalue weighted by Crippen LogP contribution is 2.30. The summed E-state index contributed by atoms with van der Waals surface area (Å²) in [5.74, 6) is 0.127. The molecule has 1 rings (SSSR count). The van der Waals surface area contributed by atoms with E-state index in [1.165, 1.54) is 12.1 Å². The van der Waals surface area contributed by atoms with Gasteiger partial charge in [-0.25, -0.2) is 0 Å². The maximum absolute atomic E-state index is 12.2. The predicted molar refractivity (Wildman–Crippen MR) is 56.9 cm³/mol. The zero-order valence-corrected chi connectivity index (χ0v) is 9.52. The number of hydrogen-bond acceptors (Lipinski definition) is 0. The molecule has 0 aromatic heterocycles. The highest BCUT2D eigenvalue weighted by atomic mass is 19.4. The first-order valence-electron chi connectivity index (χ1n) is 5.08. The van der Waals surface area contributed by atoms with E-state index in [1.807, 2.05) is 27.7 Å². The molecule has 0 fully saturated rings. The van der Waals surface area contributed by atoms with Crippen molar-refractivity contribution in [3.63, 3.8) is 0 Å². The summed E-state index contributed by atoms with van der Waals surface area (Å²) in [5, 5.41) is 0. The molecule has 0 bridgehead atoms. The van der Waals surface area contributed by atoms with E-state index < -0.39 is 11.7 Å². The van der Waals surface area contributed by atoms with Crippen molar-refractivity contribution >= 4 is 0 Å². The molecule has 0 saturated heterocycles. The van der Waals surface area contributed by atoms with E-state index in [2.05, 4.69) is 0 Å². The van der Waals surface area contributed by atoms with E-state index in [0.717, 1.165) is 11.6 Å². The van der Waals surface area contributed by atoms with Crippen LogP contribution < -0.4 is 0 Å². The van der Waals surface area contributed by atoms with E-state index in [0.29, 0.717) is 0 Å². The van der Waals surface area contributed by atoms with Gasteiger partial charge >= 0.3 is 6.18 Å². The molecule has 0 aliphatic carbocycles. The standard InChI is InChI=1S/C10H11F3.C2H6/c1-7(2)8-4-3-5-9(6-8)10(11,12)13;1-2/h3-7H,1-2H3;1-2H3. The van der Waals surface area contributed by atoms with Crippen LogP contribution in [0.3, 0.4) is 0 Å². The topological polar surface area (TPSA) is 0 Å². The fourth-order valence-electron chi connectivity index (χ4n) is 1.07. The van der Waals surface area contributed by atoms with Crippen LogP contribution in [0.15, 0.2) is 24.3 Å². The SMILES string of the molecule is CC.CC(C)c1cccc(C(F)(F)F)c1. The van der Waals surface area contributed by atoms with Gasteiger partial charge in [0.2, 0.25) is 0 Å². The summed E-state index contributed by atoms with van der Waals surface area (Å²) < 4.78 is 36.7. The Morgan fingerprint density at radius 3 is 2.00 bits per heavy atom. The Hall–Kier alpha value is -0.990. The van der Waals surface area contributed by atoms with Crippen molar-refractivity contribution in [2.24, 2.45) is 0 Å². The Kier molecular flexibility index (Phi) is 5.40. The lowest BCUT2D eigenvalue weighted by Crippen LogP contribution is -2.05. The molecule has 0 radical (unpaired) electrons. The van der Waals surface area contributed by atoms with Crippen molar-refractivity contribution in [3.8, 4) is 0 Å². The van der Waals surface area contributed by atoms with E-state index in [9.17, 15) is 13.2 Å². The molecular weight excluding hydrogens is 201 g/mol. The molecular formula is C12H17F3. The molecule has 0 saturated carbocycles. The van der Waals surface area contributed by atoms with Crippen molar-refractivity contribution in [1.29, 1.82) is 0 Å². The quantitative estimate of drug-likeness (QED) is 0.631. The summed E-state index contributed by atoms with van der Waals surface area (Å²) in [6, 6.07) is 5.44. The smallest absolute Gasteiger partial charge is 0.166 e.